The fourth-order valence-electron chi connectivity index (χ4n) is 1.88. The second-order valence-electron chi connectivity index (χ2n) is 4.84. The molecule has 0 radical (unpaired) electrons. The van der Waals surface area contributed by atoms with Gasteiger partial charge in [0.15, 0.2) is 0 Å². The number of hydrogen-bond donors (Lipinski definition) is 2. The standard InChI is InChI=1S/C15H19NO9S/c1-4-25-15(20)12(8-17)16-26(21,22)11-6-9(13(18)23-2)5-10(7-11)14(19)24-3/h5-7,12,16-17H,4,8H2,1-3H3/t12-/m1/s1. The number of hydrogen-bond acceptors (Lipinski definition) is 9. The lowest BCUT2D eigenvalue weighted by molar-refractivity contribution is -0.146. The number of aliphatic hydroxyl groups is 1. The van der Waals surface area contributed by atoms with Crippen LogP contribution in [0.4, 0.5) is 0 Å². The molecule has 0 heterocycles. The summed E-state index contributed by atoms with van der Waals surface area (Å²) in [5.74, 6) is -2.73. The summed E-state index contributed by atoms with van der Waals surface area (Å²) in [6, 6.07) is 1.47. The second-order valence-corrected chi connectivity index (χ2v) is 6.55. The minimum absolute atomic E-state index is 0.0125. The fraction of sp³-hybridized carbons (Fsp3) is 0.400. The number of sulfonamides is 1. The van der Waals surface area contributed by atoms with E-state index in [1.807, 2.05) is 4.72 Å². The molecule has 0 saturated carbocycles. The first-order chi connectivity index (χ1) is 12.2. The molecular formula is C15H19NO9S. The summed E-state index contributed by atoms with van der Waals surface area (Å²) < 4.78 is 40.7. The molecule has 0 aromatic heterocycles. The van der Waals surface area contributed by atoms with Gasteiger partial charge in [-0.15, -0.1) is 0 Å². The summed E-state index contributed by atoms with van der Waals surface area (Å²) in [6.45, 7) is 0.656. The van der Waals surface area contributed by atoms with Crippen LogP contribution < -0.4 is 4.72 Å². The Morgan fingerprint density at radius 3 is 1.96 bits per heavy atom. The van der Waals surface area contributed by atoms with Gasteiger partial charge in [0, 0.05) is 0 Å². The van der Waals surface area contributed by atoms with Crippen molar-refractivity contribution in [3.8, 4) is 0 Å². The van der Waals surface area contributed by atoms with Crippen LogP contribution in [-0.2, 0) is 29.0 Å². The zero-order valence-corrected chi connectivity index (χ0v) is 15.2. The van der Waals surface area contributed by atoms with Gasteiger partial charge in [0.25, 0.3) is 0 Å². The molecular weight excluding hydrogens is 370 g/mol. The molecule has 1 rings (SSSR count). The molecule has 0 saturated heterocycles. The van der Waals surface area contributed by atoms with Crippen LogP contribution >= 0.6 is 0 Å². The third-order valence-corrected chi connectivity index (χ3v) is 4.56. The van der Waals surface area contributed by atoms with Gasteiger partial charge in [-0.25, -0.2) is 18.0 Å². The van der Waals surface area contributed by atoms with Gasteiger partial charge in [-0.3, -0.25) is 4.79 Å². The average molecular weight is 389 g/mol. The number of carbonyl (C=O) groups is 3. The zero-order chi connectivity index (χ0) is 19.9. The maximum atomic E-state index is 12.5. The van der Waals surface area contributed by atoms with Gasteiger partial charge in [-0.1, -0.05) is 0 Å². The van der Waals surface area contributed by atoms with Crippen molar-refractivity contribution in [1.82, 2.24) is 4.72 Å². The van der Waals surface area contributed by atoms with Gasteiger partial charge in [0.2, 0.25) is 10.0 Å². The highest BCUT2D eigenvalue weighted by atomic mass is 32.2. The van der Waals surface area contributed by atoms with Crippen molar-refractivity contribution in [2.24, 2.45) is 0 Å². The second kappa shape index (κ2) is 9.27. The molecule has 0 unspecified atom stereocenters. The molecule has 2 N–H and O–H groups in total. The molecule has 0 aliphatic heterocycles. The molecule has 11 heteroatoms. The minimum atomic E-state index is -4.39. The summed E-state index contributed by atoms with van der Waals surface area (Å²) in [5, 5.41) is 9.22. The third kappa shape index (κ3) is 5.25. The van der Waals surface area contributed by atoms with Crippen molar-refractivity contribution in [2.45, 2.75) is 17.9 Å². The number of carbonyl (C=O) groups excluding carboxylic acids is 3. The van der Waals surface area contributed by atoms with Gasteiger partial charge < -0.3 is 19.3 Å². The van der Waals surface area contributed by atoms with Crippen LogP contribution in [-0.4, -0.2) is 64.9 Å². The summed E-state index contributed by atoms with van der Waals surface area (Å²) in [6.07, 6.45) is 0. The molecule has 144 valence electrons. The Kier molecular flexibility index (Phi) is 7.68. The number of methoxy groups -OCH3 is 2. The van der Waals surface area contributed by atoms with E-state index < -0.39 is 45.5 Å². The molecule has 0 aliphatic carbocycles. The third-order valence-electron chi connectivity index (χ3n) is 3.11. The minimum Gasteiger partial charge on any atom is -0.465 e. The van der Waals surface area contributed by atoms with E-state index in [9.17, 15) is 27.9 Å². The number of aliphatic hydroxyl groups excluding tert-OH is 1. The van der Waals surface area contributed by atoms with E-state index in [1.165, 1.54) is 6.92 Å². The van der Waals surface area contributed by atoms with Crippen molar-refractivity contribution in [3.05, 3.63) is 29.3 Å². The molecule has 26 heavy (non-hydrogen) atoms. The zero-order valence-electron chi connectivity index (χ0n) is 14.3. The van der Waals surface area contributed by atoms with Gasteiger partial charge in [-0.2, -0.15) is 4.72 Å². The summed E-state index contributed by atoms with van der Waals surface area (Å²) >= 11 is 0. The Hall–Kier alpha value is -2.50. The summed E-state index contributed by atoms with van der Waals surface area (Å²) in [7, 11) is -2.22. The maximum absolute atomic E-state index is 12.5. The number of nitrogens with one attached hydrogen (secondary N) is 1. The normalized spacial score (nSPS) is 12.2. The van der Waals surface area contributed by atoms with E-state index in [0.29, 0.717) is 0 Å². The lowest BCUT2D eigenvalue weighted by Crippen LogP contribution is -2.44. The molecule has 0 aliphatic rings. The molecule has 1 atom stereocenters. The fourth-order valence-corrected chi connectivity index (χ4v) is 3.13. The largest absolute Gasteiger partial charge is 0.465 e. The lowest BCUT2D eigenvalue weighted by atomic mass is 10.1. The van der Waals surface area contributed by atoms with Gasteiger partial charge >= 0.3 is 17.9 Å². The van der Waals surface area contributed by atoms with Gasteiger partial charge in [0.1, 0.15) is 6.04 Å². The quantitative estimate of drug-likeness (QED) is 0.442. The van der Waals surface area contributed by atoms with E-state index in [2.05, 4.69) is 14.2 Å². The monoisotopic (exact) mass is 389 g/mol. The summed E-state index contributed by atoms with van der Waals surface area (Å²) in [5.41, 5.74) is -0.431. The van der Waals surface area contributed by atoms with E-state index in [1.54, 1.807) is 0 Å². The number of rotatable bonds is 8. The molecule has 0 spiro atoms. The Morgan fingerprint density at radius 1 is 1.08 bits per heavy atom. The van der Waals surface area contributed by atoms with Crippen molar-refractivity contribution >= 4 is 27.9 Å². The van der Waals surface area contributed by atoms with Crippen molar-refractivity contribution in [3.63, 3.8) is 0 Å². The lowest BCUT2D eigenvalue weighted by Gasteiger charge is -2.16. The van der Waals surface area contributed by atoms with Crippen LogP contribution in [0.5, 0.6) is 0 Å². The van der Waals surface area contributed by atoms with Crippen LogP contribution in [0.1, 0.15) is 27.6 Å². The Balaban J connectivity index is 3.35. The van der Waals surface area contributed by atoms with Crippen molar-refractivity contribution in [2.75, 3.05) is 27.4 Å². The topological polar surface area (TPSA) is 145 Å². The number of esters is 3. The molecule has 0 fully saturated rings. The molecule has 1 aromatic rings. The van der Waals surface area contributed by atoms with Crippen molar-refractivity contribution in [1.29, 1.82) is 0 Å². The Bertz CT molecular complexity index is 754. The summed E-state index contributed by atoms with van der Waals surface area (Å²) in [4.78, 5) is 34.6. The predicted molar refractivity (Wildman–Crippen MR) is 86.9 cm³/mol. The van der Waals surface area contributed by atoms with Crippen LogP contribution in [0.15, 0.2) is 23.1 Å². The van der Waals surface area contributed by atoms with E-state index in [4.69, 9.17) is 0 Å². The SMILES string of the molecule is CCOC(=O)[C@@H](CO)NS(=O)(=O)c1cc(C(=O)OC)cc(C(=O)OC)c1. The molecule has 1 aromatic carbocycles. The highest BCUT2D eigenvalue weighted by molar-refractivity contribution is 7.89. The van der Waals surface area contributed by atoms with Crippen molar-refractivity contribution < 1.29 is 42.1 Å². The van der Waals surface area contributed by atoms with Crippen LogP contribution in [0.2, 0.25) is 0 Å². The first-order valence-electron chi connectivity index (χ1n) is 7.31. The predicted octanol–water partition coefficient (Wildman–Crippen LogP) is -0.538. The molecule has 10 nitrogen and oxygen atoms in total. The smallest absolute Gasteiger partial charge is 0.337 e. The Morgan fingerprint density at radius 2 is 1.58 bits per heavy atom. The first kappa shape index (κ1) is 21.5. The first-order valence-corrected chi connectivity index (χ1v) is 8.80. The van der Waals surface area contributed by atoms with Crippen LogP contribution in [0, 0.1) is 0 Å². The highest BCUT2D eigenvalue weighted by Gasteiger charge is 2.28. The van der Waals surface area contributed by atoms with Crippen LogP contribution in [0.25, 0.3) is 0 Å². The highest BCUT2D eigenvalue weighted by Crippen LogP contribution is 2.18. The molecule has 0 bridgehead atoms. The average Bonchev–Trinajstić information content (AvgIpc) is 2.64. The number of ether oxygens (including phenoxy) is 3. The number of benzene rings is 1. The maximum Gasteiger partial charge on any atom is 0.337 e. The van der Waals surface area contributed by atoms with Crippen LogP contribution in [0.3, 0.4) is 0 Å². The Labute approximate surface area is 150 Å². The van der Waals surface area contributed by atoms with E-state index in [0.717, 1.165) is 32.4 Å². The van der Waals surface area contributed by atoms with Gasteiger partial charge in [-0.05, 0) is 25.1 Å². The van der Waals surface area contributed by atoms with Gasteiger partial charge in [0.05, 0.1) is 43.5 Å². The van der Waals surface area contributed by atoms with E-state index >= 15 is 0 Å². The van der Waals surface area contributed by atoms with E-state index in [-0.39, 0.29) is 17.7 Å². The molecule has 0 amide bonds.